The third kappa shape index (κ3) is 6.68. The molecule has 2 atom stereocenters. The van der Waals surface area contributed by atoms with Gasteiger partial charge in [-0.15, -0.1) is 6.58 Å². The van der Waals surface area contributed by atoms with Crippen LogP contribution in [0.5, 0.6) is 0 Å². The van der Waals surface area contributed by atoms with E-state index in [2.05, 4.69) is 6.58 Å². The maximum atomic E-state index is 10.7. The Hall–Kier alpha value is -1.36. The molecule has 0 aromatic heterocycles. The summed E-state index contributed by atoms with van der Waals surface area (Å²) in [6, 6.07) is 0. The monoisotopic (exact) mass is 216 g/mol. The number of carbonyl (C=O) groups is 2. The maximum absolute atomic E-state index is 10.7. The molecule has 0 aromatic carbocycles. The van der Waals surface area contributed by atoms with E-state index in [1.165, 1.54) is 19.9 Å². The summed E-state index contributed by atoms with van der Waals surface area (Å²) in [5.41, 5.74) is 0. The molecule has 0 rings (SSSR count). The largest absolute Gasteiger partial charge is 0.456 e. The second-order valence-corrected chi connectivity index (χ2v) is 2.91. The Morgan fingerprint density at radius 2 is 1.80 bits per heavy atom. The molecule has 0 amide bonds. The van der Waals surface area contributed by atoms with Gasteiger partial charge < -0.3 is 14.2 Å². The summed E-state index contributed by atoms with van der Waals surface area (Å²) in [5.74, 6) is -0.954. The van der Waals surface area contributed by atoms with Crippen molar-refractivity contribution in [2.45, 2.75) is 33.2 Å². The van der Waals surface area contributed by atoms with Crippen LogP contribution < -0.4 is 0 Å². The Balaban J connectivity index is 4.24. The van der Waals surface area contributed by atoms with E-state index < -0.39 is 24.3 Å². The van der Waals surface area contributed by atoms with Crippen molar-refractivity contribution < 1.29 is 23.8 Å². The van der Waals surface area contributed by atoms with Gasteiger partial charge in [0.15, 0.2) is 6.10 Å². The van der Waals surface area contributed by atoms with Gasteiger partial charge in [-0.3, -0.25) is 9.59 Å². The fraction of sp³-hybridized carbons (Fsp3) is 0.600. The molecule has 2 unspecified atom stereocenters. The SMILES string of the molecule is C=CCOC(OC(C)=O)C(C)OC(C)=O. The minimum absolute atomic E-state index is 0.212. The highest BCUT2D eigenvalue weighted by Crippen LogP contribution is 2.06. The van der Waals surface area contributed by atoms with E-state index in [4.69, 9.17) is 14.2 Å². The molecular weight excluding hydrogens is 200 g/mol. The predicted octanol–water partition coefficient (Wildman–Crippen LogP) is 1.03. The van der Waals surface area contributed by atoms with Crippen LogP contribution >= 0.6 is 0 Å². The van der Waals surface area contributed by atoms with E-state index in [9.17, 15) is 9.59 Å². The Kier molecular flexibility index (Phi) is 6.37. The first-order valence-electron chi connectivity index (χ1n) is 4.54. The molecule has 0 heterocycles. The number of esters is 2. The number of hydrogen-bond acceptors (Lipinski definition) is 5. The van der Waals surface area contributed by atoms with Crippen molar-refractivity contribution in [1.29, 1.82) is 0 Å². The summed E-state index contributed by atoms with van der Waals surface area (Å²) < 4.78 is 14.8. The summed E-state index contributed by atoms with van der Waals surface area (Å²) in [7, 11) is 0. The highest BCUT2D eigenvalue weighted by molar-refractivity contribution is 5.67. The van der Waals surface area contributed by atoms with Crippen molar-refractivity contribution in [1.82, 2.24) is 0 Å². The van der Waals surface area contributed by atoms with E-state index in [1.807, 2.05) is 0 Å². The Bertz CT molecular complexity index is 236. The maximum Gasteiger partial charge on any atom is 0.305 e. The van der Waals surface area contributed by atoms with Gasteiger partial charge in [-0.25, -0.2) is 0 Å². The molecule has 0 spiro atoms. The smallest absolute Gasteiger partial charge is 0.305 e. The van der Waals surface area contributed by atoms with Gasteiger partial charge in [0.2, 0.25) is 6.29 Å². The standard InChI is InChI=1S/C10H16O5/c1-5-6-13-10(15-9(4)12)7(2)14-8(3)11/h5,7,10H,1,6H2,2-4H3. The molecule has 5 heteroatoms. The minimum Gasteiger partial charge on any atom is -0.456 e. The quantitative estimate of drug-likeness (QED) is 0.377. The lowest BCUT2D eigenvalue weighted by Crippen LogP contribution is -2.34. The van der Waals surface area contributed by atoms with E-state index in [0.29, 0.717) is 0 Å². The molecule has 15 heavy (non-hydrogen) atoms. The number of rotatable bonds is 6. The van der Waals surface area contributed by atoms with Crippen LogP contribution in [-0.4, -0.2) is 30.9 Å². The van der Waals surface area contributed by atoms with Gasteiger partial charge in [-0.2, -0.15) is 0 Å². The summed E-state index contributed by atoms with van der Waals surface area (Å²) in [6.45, 7) is 7.78. The molecule has 0 radical (unpaired) electrons. The third-order valence-electron chi connectivity index (χ3n) is 1.40. The first-order valence-corrected chi connectivity index (χ1v) is 4.54. The van der Waals surface area contributed by atoms with Crippen LogP contribution in [0.3, 0.4) is 0 Å². The van der Waals surface area contributed by atoms with E-state index in [-0.39, 0.29) is 6.61 Å². The van der Waals surface area contributed by atoms with E-state index >= 15 is 0 Å². The van der Waals surface area contributed by atoms with Crippen molar-refractivity contribution in [3.8, 4) is 0 Å². The lowest BCUT2D eigenvalue weighted by Gasteiger charge is -2.22. The van der Waals surface area contributed by atoms with Crippen molar-refractivity contribution in [2.24, 2.45) is 0 Å². The lowest BCUT2D eigenvalue weighted by molar-refractivity contribution is -0.205. The van der Waals surface area contributed by atoms with Crippen molar-refractivity contribution in [3.05, 3.63) is 12.7 Å². The van der Waals surface area contributed by atoms with Crippen LogP contribution in [0.1, 0.15) is 20.8 Å². The highest BCUT2D eigenvalue weighted by Gasteiger charge is 2.23. The first kappa shape index (κ1) is 13.6. The van der Waals surface area contributed by atoms with E-state index in [1.54, 1.807) is 6.92 Å². The molecule has 0 aliphatic heterocycles. The van der Waals surface area contributed by atoms with Crippen molar-refractivity contribution in [3.63, 3.8) is 0 Å². The predicted molar refractivity (Wildman–Crippen MR) is 52.9 cm³/mol. The van der Waals surface area contributed by atoms with E-state index in [0.717, 1.165) is 0 Å². The molecule has 0 saturated carbocycles. The number of ether oxygens (including phenoxy) is 3. The molecule has 86 valence electrons. The summed E-state index contributed by atoms with van der Waals surface area (Å²) in [4.78, 5) is 21.4. The molecular formula is C10H16O5. The Labute approximate surface area is 89.0 Å². The van der Waals surface area contributed by atoms with Gasteiger partial charge in [0, 0.05) is 13.8 Å². The van der Waals surface area contributed by atoms with Crippen LogP contribution in [0.2, 0.25) is 0 Å². The molecule has 0 aromatic rings. The average molecular weight is 216 g/mol. The second-order valence-electron chi connectivity index (χ2n) is 2.91. The zero-order valence-corrected chi connectivity index (χ0v) is 9.19. The highest BCUT2D eigenvalue weighted by atomic mass is 16.7. The van der Waals surface area contributed by atoms with Gasteiger partial charge in [0.1, 0.15) is 0 Å². The van der Waals surface area contributed by atoms with Gasteiger partial charge in [-0.1, -0.05) is 6.08 Å². The normalized spacial score (nSPS) is 13.8. The van der Waals surface area contributed by atoms with Gasteiger partial charge in [0.05, 0.1) is 6.61 Å². The van der Waals surface area contributed by atoms with Crippen LogP contribution in [0, 0.1) is 0 Å². The minimum atomic E-state index is -0.899. The Morgan fingerprint density at radius 1 is 1.27 bits per heavy atom. The fourth-order valence-electron chi connectivity index (χ4n) is 0.909. The molecule has 0 aliphatic rings. The third-order valence-corrected chi connectivity index (χ3v) is 1.40. The zero-order valence-electron chi connectivity index (χ0n) is 9.19. The number of carbonyl (C=O) groups excluding carboxylic acids is 2. The van der Waals surface area contributed by atoms with Crippen LogP contribution in [0.25, 0.3) is 0 Å². The van der Waals surface area contributed by atoms with Crippen LogP contribution in [0.4, 0.5) is 0 Å². The van der Waals surface area contributed by atoms with Crippen LogP contribution in [-0.2, 0) is 23.8 Å². The van der Waals surface area contributed by atoms with Crippen molar-refractivity contribution >= 4 is 11.9 Å². The van der Waals surface area contributed by atoms with Gasteiger partial charge >= 0.3 is 11.9 Å². The van der Waals surface area contributed by atoms with Crippen LogP contribution in [0.15, 0.2) is 12.7 Å². The summed E-state index contributed by atoms with van der Waals surface area (Å²) in [6.07, 6.45) is -0.0347. The fourth-order valence-corrected chi connectivity index (χ4v) is 0.909. The molecule has 0 bridgehead atoms. The zero-order chi connectivity index (χ0) is 11.8. The molecule has 0 aliphatic carbocycles. The first-order chi connectivity index (χ1) is 6.97. The molecule has 0 fully saturated rings. The molecule has 0 saturated heterocycles. The second kappa shape index (κ2) is 7.00. The average Bonchev–Trinajstić information content (AvgIpc) is 2.10. The molecule has 5 nitrogen and oxygen atoms in total. The topological polar surface area (TPSA) is 61.8 Å². The Morgan fingerprint density at radius 3 is 2.20 bits per heavy atom. The summed E-state index contributed by atoms with van der Waals surface area (Å²) >= 11 is 0. The van der Waals surface area contributed by atoms with Gasteiger partial charge in [0.25, 0.3) is 0 Å². The van der Waals surface area contributed by atoms with Crippen molar-refractivity contribution in [2.75, 3.05) is 6.61 Å². The number of hydrogen-bond donors (Lipinski definition) is 0. The van der Waals surface area contributed by atoms with Gasteiger partial charge in [-0.05, 0) is 6.92 Å². The summed E-state index contributed by atoms with van der Waals surface area (Å²) in [5, 5.41) is 0. The lowest BCUT2D eigenvalue weighted by atomic mass is 10.4. The molecule has 0 N–H and O–H groups in total.